The minimum atomic E-state index is -4.48. The number of hydrogen-bond acceptors (Lipinski definition) is 10. The molecule has 0 saturated heterocycles. The Bertz CT molecular complexity index is 2200. The van der Waals surface area contributed by atoms with Crippen molar-refractivity contribution in [2.24, 2.45) is 0 Å². The van der Waals surface area contributed by atoms with Crippen LogP contribution in [0.5, 0.6) is 5.75 Å². The molecule has 2 N–H and O–H groups in total. The molecule has 12 nitrogen and oxygen atoms in total. The van der Waals surface area contributed by atoms with Crippen molar-refractivity contribution in [2.75, 3.05) is 36.2 Å². The van der Waals surface area contributed by atoms with Crippen molar-refractivity contribution >= 4 is 42.0 Å². The summed E-state index contributed by atoms with van der Waals surface area (Å²) in [6.45, 7) is 16.1. The zero-order valence-electron chi connectivity index (χ0n) is 33.0. The zero-order valence-corrected chi connectivity index (χ0v) is 34.6. The van der Waals surface area contributed by atoms with Crippen LogP contribution in [0.15, 0.2) is 60.7 Å². The third kappa shape index (κ3) is 10.4. The van der Waals surface area contributed by atoms with Crippen LogP contribution in [0.2, 0.25) is 0 Å². The average Bonchev–Trinajstić information content (AvgIpc) is 3.16. The Hall–Kier alpha value is -4.92. The summed E-state index contributed by atoms with van der Waals surface area (Å²) >= 11 is 0. The fourth-order valence-electron chi connectivity index (χ4n) is 6.22. The van der Waals surface area contributed by atoms with Crippen LogP contribution in [0.1, 0.15) is 61.2 Å². The van der Waals surface area contributed by atoms with Gasteiger partial charge in [0.15, 0.2) is 0 Å². The molecule has 0 unspecified atom stereocenters. The fraction of sp³-hybridized carbons (Fsp3) is 0.366. The van der Waals surface area contributed by atoms with Crippen LogP contribution in [0.25, 0.3) is 0 Å². The molecule has 0 aliphatic rings. The molecular weight excluding hydrogens is 743 g/mol. The van der Waals surface area contributed by atoms with E-state index in [-0.39, 0.29) is 13.2 Å². The smallest absolute Gasteiger partial charge is 0.445 e. The lowest BCUT2D eigenvalue weighted by Crippen LogP contribution is -2.28. The minimum Gasteiger partial charge on any atom is -0.492 e. The molecule has 0 aliphatic heterocycles. The summed E-state index contributed by atoms with van der Waals surface area (Å²) in [5, 5.41) is -2.70. The van der Waals surface area contributed by atoms with Crippen molar-refractivity contribution in [3.8, 4) is 5.75 Å². The molecule has 4 aromatic rings. The van der Waals surface area contributed by atoms with Crippen LogP contribution < -0.4 is 14.2 Å². The lowest BCUT2D eigenvalue weighted by Gasteiger charge is -2.24. The predicted octanol–water partition coefficient (Wildman–Crippen LogP) is 7.86. The van der Waals surface area contributed by atoms with E-state index in [4.69, 9.17) is 14.2 Å². The van der Waals surface area contributed by atoms with Gasteiger partial charge in [-0.2, -0.15) is 16.8 Å². The second-order valence-electron chi connectivity index (χ2n) is 13.7. The van der Waals surface area contributed by atoms with Crippen LogP contribution in [0, 0.1) is 55.4 Å². The summed E-state index contributed by atoms with van der Waals surface area (Å²) in [6, 6.07) is 17.7. The Kier molecular flexibility index (Phi) is 14.1. The van der Waals surface area contributed by atoms with E-state index in [0.29, 0.717) is 65.5 Å². The summed E-state index contributed by atoms with van der Waals surface area (Å²) in [5.74, 6) is 0.651. The molecule has 55 heavy (non-hydrogen) atoms. The van der Waals surface area contributed by atoms with E-state index >= 15 is 0 Å². The maximum Gasteiger partial charge on any atom is 0.445 e. The Morgan fingerprint density at radius 2 is 0.945 bits per heavy atom. The SMILES string of the molecule is Cc1c(C)c(NS(=O)(=O)C(=O)OCc2ccccc2)c(C)c(C)c1CCN(C)CCOc1c(C)c(C)c(NS(=O)(=O)C(=O)OCc2ccccc2)c(C)c1C. The number of carbonyl (C=O) groups is 2. The van der Waals surface area contributed by atoms with Crippen molar-refractivity contribution in [3.63, 3.8) is 0 Å². The van der Waals surface area contributed by atoms with Gasteiger partial charge in [0.25, 0.3) is 0 Å². The van der Waals surface area contributed by atoms with E-state index in [1.807, 2.05) is 60.7 Å². The highest BCUT2D eigenvalue weighted by atomic mass is 32.2. The second-order valence-corrected chi connectivity index (χ2v) is 16.8. The van der Waals surface area contributed by atoms with Crippen molar-refractivity contribution in [2.45, 2.75) is 75.0 Å². The quantitative estimate of drug-likeness (QED) is 0.114. The molecule has 0 fully saturated rings. The molecule has 4 aromatic carbocycles. The van der Waals surface area contributed by atoms with E-state index in [9.17, 15) is 26.4 Å². The van der Waals surface area contributed by atoms with Crippen molar-refractivity contribution in [3.05, 3.63) is 122 Å². The van der Waals surface area contributed by atoms with Gasteiger partial charge in [-0.05, 0) is 130 Å². The molecule has 14 heteroatoms. The van der Waals surface area contributed by atoms with Crippen LogP contribution >= 0.6 is 0 Å². The second kappa shape index (κ2) is 18.1. The van der Waals surface area contributed by atoms with Gasteiger partial charge in [-0.3, -0.25) is 9.44 Å². The highest BCUT2D eigenvalue weighted by Crippen LogP contribution is 2.37. The zero-order chi connectivity index (χ0) is 40.7. The number of nitrogens with zero attached hydrogens (tertiary/aromatic N) is 1. The van der Waals surface area contributed by atoms with Crippen molar-refractivity contribution < 1.29 is 40.6 Å². The van der Waals surface area contributed by atoms with Gasteiger partial charge in [0.2, 0.25) is 0 Å². The lowest BCUT2D eigenvalue weighted by molar-refractivity contribution is 0.165. The summed E-state index contributed by atoms with van der Waals surface area (Å²) in [7, 11) is -6.94. The van der Waals surface area contributed by atoms with Gasteiger partial charge in [-0.1, -0.05) is 60.7 Å². The number of nitrogens with one attached hydrogen (secondary N) is 2. The number of anilines is 2. The van der Waals surface area contributed by atoms with Gasteiger partial charge in [0, 0.05) is 13.1 Å². The molecule has 0 bridgehead atoms. The average molecular weight is 794 g/mol. The van der Waals surface area contributed by atoms with E-state index in [2.05, 4.69) is 14.3 Å². The van der Waals surface area contributed by atoms with Gasteiger partial charge in [-0.15, -0.1) is 0 Å². The van der Waals surface area contributed by atoms with Crippen LogP contribution in [0.4, 0.5) is 21.0 Å². The number of likely N-dealkylation sites (N-methyl/N-ethyl adjacent to an activating group) is 1. The molecule has 4 rings (SSSR count). The van der Waals surface area contributed by atoms with E-state index < -0.39 is 30.6 Å². The van der Waals surface area contributed by atoms with E-state index in [1.165, 1.54) is 0 Å². The van der Waals surface area contributed by atoms with Gasteiger partial charge in [-0.25, -0.2) is 9.59 Å². The molecular formula is C41H51N3O9S2. The number of benzene rings is 4. The number of ether oxygens (including phenoxy) is 3. The Labute approximate surface area is 325 Å². The first-order chi connectivity index (χ1) is 25.9. The van der Waals surface area contributed by atoms with Gasteiger partial charge in [0.05, 0.1) is 11.4 Å². The largest absolute Gasteiger partial charge is 0.492 e. The first-order valence-corrected chi connectivity index (χ1v) is 20.8. The molecule has 0 saturated carbocycles. The fourth-order valence-corrected chi connectivity index (χ4v) is 7.97. The predicted molar refractivity (Wildman–Crippen MR) is 216 cm³/mol. The third-order valence-corrected chi connectivity index (χ3v) is 12.2. The molecule has 0 atom stereocenters. The van der Waals surface area contributed by atoms with Gasteiger partial charge >= 0.3 is 30.6 Å². The standard InChI is InChI=1S/C41H51N3O9S2/c1-26-28(3)37(42-54(47,48)40(45)52-24-34-16-12-10-13-17-34)29(4)27(2)36(26)20-21-44(9)22-23-51-39-32(7)30(5)38(31(6)33(39)8)43-55(49,50)41(46)53-25-35-18-14-11-15-19-35/h10-19,42-43H,20-25H2,1-9H3. The summed E-state index contributed by atoms with van der Waals surface area (Å²) in [5.41, 5.74) is 9.23. The molecule has 0 aromatic heterocycles. The molecule has 0 spiro atoms. The third-order valence-electron chi connectivity index (χ3n) is 10.1. The maximum absolute atomic E-state index is 12.9. The topological polar surface area (TPSA) is 157 Å². The monoisotopic (exact) mass is 793 g/mol. The molecule has 0 amide bonds. The van der Waals surface area contributed by atoms with Crippen molar-refractivity contribution in [1.29, 1.82) is 0 Å². The highest BCUT2D eigenvalue weighted by molar-refractivity contribution is 8.07. The minimum absolute atomic E-state index is 0.154. The summed E-state index contributed by atoms with van der Waals surface area (Å²) in [6.07, 6.45) is 0.695. The Balaban J connectivity index is 1.36. The van der Waals surface area contributed by atoms with E-state index in [0.717, 1.165) is 38.9 Å². The Morgan fingerprint density at radius 1 is 0.564 bits per heavy atom. The van der Waals surface area contributed by atoms with Crippen LogP contribution in [-0.4, -0.2) is 59.1 Å². The number of sulfonamides is 2. The van der Waals surface area contributed by atoms with Crippen LogP contribution in [-0.2, 0) is 49.2 Å². The Morgan fingerprint density at radius 3 is 1.35 bits per heavy atom. The summed E-state index contributed by atoms with van der Waals surface area (Å²) in [4.78, 5) is 27.2. The molecule has 0 heterocycles. The highest BCUT2D eigenvalue weighted by Gasteiger charge is 2.29. The van der Waals surface area contributed by atoms with Crippen LogP contribution in [0.3, 0.4) is 0 Å². The number of rotatable bonds is 15. The molecule has 296 valence electrons. The van der Waals surface area contributed by atoms with Gasteiger partial charge < -0.3 is 19.1 Å². The molecule has 0 radical (unpaired) electrons. The molecule has 0 aliphatic carbocycles. The lowest BCUT2D eigenvalue weighted by atomic mass is 9.90. The first-order valence-electron chi connectivity index (χ1n) is 17.8. The van der Waals surface area contributed by atoms with Crippen molar-refractivity contribution in [1.82, 2.24) is 4.90 Å². The maximum atomic E-state index is 12.9. The normalized spacial score (nSPS) is 11.7. The van der Waals surface area contributed by atoms with Gasteiger partial charge in [0.1, 0.15) is 25.6 Å². The summed E-state index contributed by atoms with van der Waals surface area (Å²) < 4.78 is 73.0. The number of hydrogen-bond donors (Lipinski definition) is 2. The van der Waals surface area contributed by atoms with E-state index in [1.54, 1.807) is 62.4 Å². The first kappa shape index (κ1) is 42.8. The number of carbonyl (C=O) groups excluding carboxylic acids is 2.